The molecular formula is C23H28N2O2. The fourth-order valence-corrected chi connectivity index (χ4v) is 5.58. The molecule has 4 nitrogen and oxygen atoms in total. The van der Waals surface area contributed by atoms with Gasteiger partial charge in [0.2, 0.25) is 0 Å². The molecule has 2 fully saturated rings. The van der Waals surface area contributed by atoms with Gasteiger partial charge in [-0.1, -0.05) is 18.2 Å². The van der Waals surface area contributed by atoms with Crippen molar-refractivity contribution in [3.05, 3.63) is 58.9 Å². The minimum atomic E-state index is -0.772. The SMILES string of the molecule is Cc1cccnc1[C@@]1(O)CC[C@@H]2CN(Cc3ccc4c(c3)CC(C)O4)C[C@@H]21. The Morgan fingerprint density at radius 3 is 3.04 bits per heavy atom. The Balaban J connectivity index is 1.33. The highest BCUT2D eigenvalue weighted by molar-refractivity contribution is 5.40. The van der Waals surface area contributed by atoms with Crippen molar-refractivity contribution in [2.24, 2.45) is 11.8 Å². The largest absolute Gasteiger partial charge is 0.490 e. The van der Waals surface area contributed by atoms with E-state index in [1.54, 1.807) is 0 Å². The molecule has 1 unspecified atom stereocenters. The van der Waals surface area contributed by atoms with Crippen molar-refractivity contribution in [2.45, 2.75) is 51.4 Å². The van der Waals surface area contributed by atoms with Gasteiger partial charge in [-0.2, -0.15) is 0 Å². The van der Waals surface area contributed by atoms with Gasteiger partial charge in [-0.3, -0.25) is 9.88 Å². The van der Waals surface area contributed by atoms with Crippen LogP contribution in [0, 0.1) is 18.8 Å². The van der Waals surface area contributed by atoms with Crippen LogP contribution < -0.4 is 4.74 Å². The Labute approximate surface area is 161 Å². The van der Waals surface area contributed by atoms with Crippen LogP contribution in [-0.2, 0) is 18.6 Å². The van der Waals surface area contributed by atoms with E-state index in [9.17, 15) is 5.11 Å². The van der Waals surface area contributed by atoms with Crippen LogP contribution in [0.25, 0.3) is 0 Å². The highest BCUT2D eigenvalue weighted by Crippen LogP contribution is 2.50. The third-order valence-electron chi connectivity index (χ3n) is 6.81. The molecule has 0 amide bonds. The summed E-state index contributed by atoms with van der Waals surface area (Å²) in [5, 5.41) is 11.5. The number of ether oxygens (including phenoxy) is 1. The minimum Gasteiger partial charge on any atom is -0.490 e. The number of hydrogen-bond acceptors (Lipinski definition) is 4. The van der Waals surface area contributed by atoms with Crippen molar-refractivity contribution in [2.75, 3.05) is 13.1 Å². The molecule has 2 aliphatic heterocycles. The molecule has 1 saturated heterocycles. The van der Waals surface area contributed by atoms with E-state index in [1.807, 2.05) is 12.3 Å². The number of likely N-dealkylation sites (tertiary alicyclic amines) is 1. The highest BCUT2D eigenvalue weighted by atomic mass is 16.5. The topological polar surface area (TPSA) is 45.6 Å². The van der Waals surface area contributed by atoms with Gasteiger partial charge in [0.25, 0.3) is 0 Å². The smallest absolute Gasteiger partial charge is 0.123 e. The Morgan fingerprint density at radius 2 is 2.19 bits per heavy atom. The molecule has 142 valence electrons. The summed E-state index contributed by atoms with van der Waals surface area (Å²) >= 11 is 0. The molecule has 0 radical (unpaired) electrons. The molecule has 1 saturated carbocycles. The molecule has 1 N–H and O–H groups in total. The Bertz CT molecular complexity index is 867. The van der Waals surface area contributed by atoms with E-state index in [0.717, 1.165) is 55.9 Å². The van der Waals surface area contributed by atoms with Gasteiger partial charge in [0.15, 0.2) is 0 Å². The first-order valence-electron chi connectivity index (χ1n) is 10.2. The second-order valence-corrected chi connectivity index (χ2v) is 8.77. The molecule has 4 heteroatoms. The van der Waals surface area contributed by atoms with E-state index in [0.29, 0.717) is 5.92 Å². The Morgan fingerprint density at radius 1 is 1.30 bits per heavy atom. The summed E-state index contributed by atoms with van der Waals surface area (Å²) in [5.74, 6) is 1.89. The zero-order valence-electron chi connectivity index (χ0n) is 16.2. The predicted molar refractivity (Wildman–Crippen MR) is 105 cm³/mol. The maximum Gasteiger partial charge on any atom is 0.123 e. The molecule has 2 aromatic rings. The maximum absolute atomic E-state index is 11.5. The monoisotopic (exact) mass is 364 g/mol. The normalized spacial score (nSPS) is 32.3. The van der Waals surface area contributed by atoms with E-state index < -0.39 is 5.60 Å². The number of hydrogen-bond donors (Lipinski definition) is 1. The third kappa shape index (κ3) is 2.86. The number of pyridine rings is 1. The number of aliphatic hydroxyl groups is 1. The lowest BCUT2D eigenvalue weighted by Gasteiger charge is -2.31. The van der Waals surface area contributed by atoms with E-state index in [4.69, 9.17) is 4.74 Å². The molecule has 1 aromatic heterocycles. The summed E-state index contributed by atoms with van der Waals surface area (Å²) in [6, 6.07) is 10.6. The second-order valence-electron chi connectivity index (χ2n) is 8.77. The fraction of sp³-hybridized carbons (Fsp3) is 0.522. The highest BCUT2D eigenvalue weighted by Gasteiger charge is 2.53. The number of benzene rings is 1. The van der Waals surface area contributed by atoms with Crippen molar-refractivity contribution >= 4 is 0 Å². The first-order valence-corrected chi connectivity index (χ1v) is 10.2. The van der Waals surface area contributed by atoms with Crippen LogP contribution in [0.2, 0.25) is 0 Å². The van der Waals surface area contributed by atoms with Crippen LogP contribution in [-0.4, -0.2) is 34.2 Å². The number of aryl methyl sites for hydroxylation is 1. The summed E-state index contributed by atoms with van der Waals surface area (Å²) in [4.78, 5) is 7.08. The van der Waals surface area contributed by atoms with Gasteiger partial charge in [-0.05, 0) is 61.4 Å². The summed E-state index contributed by atoms with van der Waals surface area (Å²) in [5.41, 5.74) is 3.91. The quantitative estimate of drug-likeness (QED) is 0.906. The van der Waals surface area contributed by atoms with Gasteiger partial charge in [0, 0.05) is 38.2 Å². The molecule has 0 bridgehead atoms. The molecule has 3 aliphatic rings. The molecule has 27 heavy (non-hydrogen) atoms. The van der Waals surface area contributed by atoms with Crippen LogP contribution in [0.3, 0.4) is 0 Å². The average molecular weight is 364 g/mol. The van der Waals surface area contributed by atoms with Gasteiger partial charge in [0.1, 0.15) is 17.5 Å². The molecular weight excluding hydrogens is 336 g/mol. The zero-order chi connectivity index (χ0) is 18.6. The number of nitrogens with zero attached hydrogens (tertiary/aromatic N) is 2. The summed E-state index contributed by atoms with van der Waals surface area (Å²) in [6.45, 7) is 7.16. The Kier molecular flexibility index (Phi) is 4.03. The predicted octanol–water partition coefficient (Wildman–Crippen LogP) is 3.44. The van der Waals surface area contributed by atoms with Gasteiger partial charge in [-0.25, -0.2) is 0 Å². The van der Waals surface area contributed by atoms with Crippen LogP contribution >= 0.6 is 0 Å². The molecule has 4 atom stereocenters. The zero-order valence-corrected chi connectivity index (χ0v) is 16.2. The molecule has 1 aliphatic carbocycles. The lowest BCUT2D eigenvalue weighted by molar-refractivity contribution is -0.0114. The van der Waals surface area contributed by atoms with Crippen molar-refractivity contribution in [1.82, 2.24) is 9.88 Å². The number of aromatic nitrogens is 1. The van der Waals surface area contributed by atoms with Gasteiger partial charge in [0.05, 0.1) is 5.69 Å². The molecule has 1 aromatic carbocycles. The van der Waals surface area contributed by atoms with E-state index >= 15 is 0 Å². The molecule has 0 spiro atoms. The van der Waals surface area contributed by atoms with E-state index in [2.05, 4.69) is 48.0 Å². The number of rotatable bonds is 3. The summed E-state index contributed by atoms with van der Waals surface area (Å²) in [7, 11) is 0. The van der Waals surface area contributed by atoms with Crippen LogP contribution in [0.5, 0.6) is 5.75 Å². The van der Waals surface area contributed by atoms with Crippen LogP contribution in [0.1, 0.15) is 42.1 Å². The van der Waals surface area contributed by atoms with Gasteiger partial charge >= 0.3 is 0 Å². The summed E-state index contributed by atoms with van der Waals surface area (Å²) in [6.07, 6.45) is 5.03. The van der Waals surface area contributed by atoms with Crippen molar-refractivity contribution in [3.8, 4) is 5.75 Å². The van der Waals surface area contributed by atoms with E-state index in [1.165, 1.54) is 11.1 Å². The van der Waals surface area contributed by atoms with Crippen molar-refractivity contribution in [1.29, 1.82) is 0 Å². The lowest BCUT2D eigenvalue weighted by Crippen LogP contribution is -2.36. The van der Waals surface area contributed by atoms with Crippen LogP contribution in [0.15, 0.2) is 36.5 Å². The van der Waals surface area contributed by atoms with E-state index in [-0.39, 0.29) is 12.0 Å². The third-order valence-corrected chi connectivity index (χ3v) is 6.81. The fourth-order valence-electron chi connectivity index (χ4n) is 5.58. The summed E-state index contributed by atoms with van der Waals surface area (Å²) < 4.78 is 5.83. The lowest BCUT2D eigenvalue weighted by atomic mass is 9.83. The van der Waals surface area contributed by atoms with Gasteiger partial charge < -0.3 is 9.84 Å². The van der Waals surface area contributed by atoms with Crippen molar-refractivity contribution in [3.63, 3.8) is 0 Å². The standard InChI is InChI=1S/C23H28N2O2/c1-15-4-3-9-24-22(15)23(26)8-7-18-13-25(14-20(18)23)12-17-5-6-21-19(11-17)10-16(2)27-21/h3-6,9,11,16,18,20,26H,7-8,10,12-14H2,1-2H3/t16?,18-,20+,23-/m1/s1. The Hall–Kier alpha value is -1.91. The number of fused-ring (bicyclic) bond motifs is 2. The first-order chi connectivity index (χ1) is 13.0. The van der Waals surface area contributed by atoms with Crippen LogP contribution in [0.4, 0.5) is 0 Å². The first kappa shape index (κ1) is 17.2. The van der Waals surface area contributed by atoms with Gasteiger partial charge in [-0.15, -0.1) is 0 Å². The average Bonchev–Trinajstić information content (AvgIpc) is 3.30. The second kappa shape index (κ2) is 6.32. The minimum absolute atomic E-state index is 0.281. The molecule has 5 rings (SSSR count). The maximum atomic E-state index is 11.5. The van der Waals surface area contributed by atoms with Crippen molar-refractivity contribution < 1.29 is 9.84 Å². The molecule has 3 heterocycles.